The molecule has 1 aliphatic heterocycles. The van der Waals surface area contributed by atoms with Gasteiger partial charge in [-0.15, -0.1) is 11.6 Å². The zero-order valence-corrected chi connectivity index (χ0v) is 16.0. The van der Waals surface area contributed by atoms with Gasteiger partial charge < -0.3 is 20.1 Å². The maximum Gasteiger partial charge on any atom is 0.410 e. The van der Waals surface area contributed by atoms with Gasteiger partial charge in [-0.1, -0.05) is 0 Å². The molecule has 0 aromatic carbocycles. The highest BCUT2D eigenvalue weighted by Crippen LogP contribution is 2.39. The summed E-state index contributed by atoms with van der Waals surface area (Å²) in [5, 5.41) is 12.1. The highest BCUT2D eigenvalue weighted by Gasteiger charge is 2.41. The average molecular weight is 363 g/mol. The van der Waals surface area contributed by atoms with E-state index in [1.165, 1.54) is 0 Å². The molecule has 1 heterocycles. The molecule has 1 saturated heterocycles. The van der Waals surface area contributed by atoms with Crippen molar-refractivity contribution in [2.24, 2.45) is 5.41 Å². The number of halogens is 1. The van der Waals surface area contributed by atoms with Gasteiger partial charge in [0.15, 0.2) is 0 Å². The van der Waals surface area contributed by atoms with Gasteiger partial charge in [-0.3, -0.25) is 4.79 Å². The first-order chi connectivity index (χ1) is 11.1. The molecule has 2 amide bonds. The molecule has 0 radical (unpaired) electrons. The van der Waals surface area contributed by atoms with E-state index in [1.54, 1.807) is 4.90 Å². The number of alkyl halides is 1. The fourth-order valence-corrected chi connectivity index (χ4v) is 3.30. The van der Waals surface area contributed by atoms with Crippen LogP contribution < -0.4 is 5.32 Å². The van der Waals surface area contributed by atoms with Gasteiger partial charge in [0.25, 0.3) is 0 Å². The summed E-state index contributed by atoms with van der Waals surface area (Å²) in [5.74, 6) is -0.258. The summed E-state index contributed by atoms with van der Waals surface area (Å²) in [6.45, 7) is 8.82. The summed E-state index contributed by atoms with van der Waals surface area (Å²) < 4.78 is 5.43. The van der Waals surface area contributed by atoms with Crippen LogP contribution in [0.15, 0.2) is 0 Å². The SMILES string of the molecule is CC(NC(=O)CCl)C1(CCCO)CCN(C(=O)OC(C)(C)C)CC1. The Morgan fingerprint density at radius 2 is 1.92 bits per heavy atom. The molecule has 140 valence electrons. The van der Waals surface area contributed by atoms with Gasteiger partial charge >= 0.3 is 6.09 Å². The summed E-state index contributed by atoms with van der Waals surface area (Å²) in [6, 6.07) is -0.0592. The highest BCUT2D eigenvalue weighted by molar-refractivity contribution is 6.27. The first-order valence-corrected chi connectivity index (χ1v) is 9.11. The lowest BCUT2D eigenvalue weighted by atomic mass is 9.70. The van der Waals surface area contributed by atoms with Crippen LogP contribution in [0.2, 0.25) is 0 Å². The maximum atomic E-state index is 12.2. The number of aliphatic hydroxyl groups excluding tert-OH is 1. The first kappa shape index (κ1) is 21.0. The van der Waals surface area contributed by atoms with E-state index in [0.29, 0.717) is 19.5 Å². The van der Waals surface area contributed by atoms with Gasteiger partial charge in [0.2, 0.25) is 5.91 Å². The van der Waals surface area contributed by atoms with Crippen LogP contribution in [0.4, 0.5) is 4.79 Å². The molecule has 1 rings (SSSR count). The van der Waals surface area contributed by atoms with E-state index in [1.807, 2.05) is 27.7 Å². The number of hydrogen-bond acceptors (Lipinski definition) is 4. The van der Waals surface area contributed by atoms with E-state index in [0.717, 1.165) is 19.3 Å². The Kier molecular flexibility index (Phi) is 7.80. The van der Waals surface area contributed by atoms with Gasteiger partial charge in [0.1, 0.15) is 11.5 Å². The minimum atomic E-state index is -0.510. The lowest BCUT2D eigenvalue weighted by Gasteiger charge is -2.46. The number of hydrogen-bond donors (Lipinski definition) is 2. The van der Waals surface area contributed by atoms with E-state index in [9.17, 15) is 14.7 Å². The Morgan fingerprint density at radius 1 is 1.33 bits per heavy atom. The number of ether oxygens (including phenoxy) is 1. The van der Waals surface area contributed by atoms with Gasteiger partial charge in [-0.25, -0.2) is 4.79 Å². The van der Waals surface area contributed by atoms with Gasteiger partial charge in [-0.2, -0.15) is 0 Å². The number of piperidine rings is 1. The molecule has 0 aliphatic carbocycles. The zero-order chi connectivity index (χ0) is 18.4. The van der Waals surface area contributed by atoms with Gasteiger partial charge in [0.05, 0.1) is 0 Å². The van der Waals surface area contributed by atoms with Crippen LogP contribution in [0.5, 0.6) is 0 Å². The molecule has 1 atom stereocenters. The number of aliphatic hydroxyl groups is 1. The second-order valence-electron chi connectivity index (χ2n) is 7.58. The summed E-state index contributed by atoms with van der Waals surface area (Å²) in [7, 11) is 0. The van der Waals surface area contributed by atoms with E-state index in [2.05, 4.69) is 5.32 Å². The Hall–Kier alpha value is -1.01. The van der Waals surface area contributed by atoms with Crippen LogP contribution >= 0.6 is 11.6 Å². The molecule has 6 nitrogen and oxygen atoms in total. The maximum absolute atomic E-state index is 12.2. The monoisotopic (exact) mass is 362 g/mol. The van der Waals surface area contributed by atoms with Crippen LogP contribution in [0, 0.1) is 5.41 Å². The molecular weight excluding hydrogens is 332 g/mol. The second kappa shape index (κ2) is 8.90. The van der Waals surface area contributed by atoms with E-state index in [-0.39, 0.29) is 35.9 Å². The van der Waals surface area contributed by atoms with Gasteiger partial charge in [0, 0.05) is 25.7 Å². The molecule has 0 aromatic rings. The number of rotatable bonds is 6. The number of nitrogens with one attached hydrogen (secondary N) is 1. The minimum absolute atomic E-state index is 0.0592. The summed E-state index contributed by atoms with van der Waals surface area (Å²) >= 11 is 5.59. The van der Waals surface area contributed by atoms with Crippen molar-refractivity contribution in [2.45, 2.75) is 65.0 Å². The fourth-order valence-electron chi connectivity index (χ4n) is 3.22. The predicted octanol–water partition coefficient (Wildman–Crippen LogP) is 2.52. The number of amides is 2. The predicted molar refractivity (Wildman–Crippen MR) is 94.1 cm³/mol. The highest BCUT2D eigenvalue weighted by atomic mass is 35.5. The average Bonchev–Trinajstić information content (AvgIpc) is 2.51. The van der Waals surface area contributed by atoms with Crippen molar-refractivity contribution in [3.8, 4) is 0 Å². The molecule has 0 bridgehead atoms. The van der Waals surface area contributed by atoms with Crippen LogP contribution in [0.3, 0.4) is 0 Å². The number of carbonyl (C=O) groups is 2. The van der Waals surface area contributed by atoms with E-state index < -0.39 is 5.60 Å². The van der Waals surface area contributed by atoms with Crippen molar-refractivity contribution in [2.75, 3.05) is 25.6 Å². The molecule has 0 spiro atoms. The van der Waals surface area contributed by atoms with Crippen LogP contribution in [0.1, 0.15) is 53.4 Å². The molecule has 1 aliphatic rings. The van der Waals surface area contributed by atoms with Crippen molar-refractivity contribution in [1.82, 2.24) is 10.2 Å². The molecule has 0 saturated carbocycles. The number of nitrogens with zero attached hydrogens (tertiary/aromatic N) is 1. The third-order valence-corrected chi connectivity index (χ3v) is 4.90. The Labute approximate surface area is 149 Å². The quantitative estimate of drug-likeness (QED) is 0.711. The van der Waals surface area contributed by atoms with Crippen molar-refractivity contribution in [3.63, 3.8) is 0 Å². The van der Waals surface area contributed by atoms with Crippen LogP contribution in [-0.2, 0) is 9.53 Å². The first-order valence-electron chi connectivity index (χ1n) is 8.57. The van der Waals surface area contributed by atoms with Crippen molar-refractivity contribution in [1.29, 1.82) is 0 Å². The van der Waals surface area contributed by atoms with Crippen LogP contribution in [0.25, 0.3) is 0 Å². The third kappa shape index (κ3) is 6.13. The smallest absolute Gasteiger partial charge is 0.410 e. The summed E-state index contributed by atoms with van der Waals surface area (Å²) in [5.41, 5.74) is -0.646. The van der Waals surface area contributed by atoms with E-state index >= 15 is 0 Å². The lowest BCUT2D eigenvalue weighted by molar-refractivity contribution is -0.120. The van der Waals surface area contributed by atoms with Crippen molar-refractivity contribution < 1.29 is 19.4 Å². The van der Waals surface area contributed by atoms with Crippen molar-refractivity contribution >= 4 is 23.6 Å². The Bertz CT molecular complexity index is 429. The molecule has 7 heteroatoms. The largest absolute Gasteiger partial charge is 0.444 e. The lowest BCUT2D eigenvalue weighted by Crippen LogP contribution is -2.53. The van der Waals surface area contributed by atoms with Crippen molar-refractivity contribution in [3.05, 3.63) is 0 Å². The normalized spacial score (nSPS) is 18.8. The summed E-state index contributed by atoms with van der Waals surface area (Å²) in [6.07, 6.45) is 2.70. The second-order valence-corrected chi connectivity index (χ2v) is 7.85. The Balaban J connectivity index is 2.73. The topological polar surface area (TPSA) is 78.9 Å². The minimum Gasteiger partial charge on any atom is -0.444 e. The van der Waals surface area contributed by atoms with Gasteiger partial charge in [-0.05, 0) is 58.8 Å². The Morgan fingerprint density at radius 3 is 2.38 bits per heavy atom. The molecule has 1 fully saturated rings. The third-order valence-electron chi connectivity index (χ3n) is 4.66. The molecule has 0 aromatic heterocycles. The fraction of sp³-hybridized carbons (Fsp3) is 0.882. The zero-order valence-electron chi connectivity index (χ0n) is 15.2. The molecule has 2 N–H and O–H groups in total. The molecule has 1 unspecified atom stereocenters. The summed E-state index contributed by atoms with van der Waals surface area (Å²) in [4.78, 5) is 25.6. The number of likely N-dealkylation sites (tertiary alicyclic amines) is 1. The molecule has 24 heavy (non-hydrogen) atoms. The standard InChI is InChI=1S/C17H31ClN2O4/c1-13(19-14(22)12-18)17(6-5-11-21)7-9-20(10-8-17)15(23)24-16(2,3)4/h13,21H,5-12H2,1-4H3,(H,19,22). The van der Waals surface area contributed by atoms with E-state index in [4.69, 9.17) is 16.3 Å². The number of carbonyl (C=O) groups excluding carboxylic acids is 2. The molecular formula is C17H31ClN2O4. The van der Waals surface area contributed by atoms with Crippen LogP contribution in [-0.4, -0.2) is 59.2 Å².